The Hall–Kier alpha value is -1.10. The molecule has 4 nitrogen and oxygen atoms in total. The van der Waals surface area contributed by atoms with Gasteiger partial charge in [0.2, 0.25) is 9.84 Å². The number of carbonyl (C=O) groups is 1. The Balaban J connectivity index is 3.18. The van der Waals surface area contributed by atoms with E-state index in [1.807, 2.05) is 0 Å². The molecule has 1 heterocycles. The van der Waals surface area contributed by atoms with Crippen LogP contribution in [0.4, 0.5) is 0 Å². The zero-order valence-electron chi connectivity index (χ0n) is 4.81. The zero-order chi connectivity index (χ0) is 7.78. The van der Waals surface area contributed by atoms with Crippen molar-refractivity contribution in [2.75, 3.05) is 0 Å². The van der Waals surface area contributed by atoms with E-state index in [4.69, 9.17) is 5.11 Å². The van der Waals surface area contributed by atoms with Crippen LogP contribution in [-0.4, -0.2) is 19.5 Å². The van der Waals surface area contributed by atoms with Crippen molar-refractivity contribution >= 4 is 15.8 Å². The molecule has 0 unspecified atom stereocenters. The number of rotatable bonds is 1. The first-order valence-corrected chi connectivity index (χ1v) is 3.95. The molecule has 1 aliphatic heterocycles. The van der Waals surface area contributed by atoms with Crippen LogP contribution in [0.5, 0.6) is 0 Å². The molecule has 0 atom stereocenters. The van der Waals surface area contributed by atoms with Gasteiger partial charge < -0.3 is 5.11 Å². The average Bonchev–Trinajstić information content (AvgIpc) is 2.08. The Bertz CT molecular complexity index is 320. The van der Waals surface area contributed by atoms with Crippen LogP contribution in [0.3, 0.4) is 0 Å². The normalized spacial score (nSPS) is 20.6. The fourth-order valence-electron chi connectivity index (χ4n) is 0.591. The lowest BCUT2D eigenvalue weighted by atomic mass is 10.5. The Morgan fingerprint density at radius 2 is 2.10 bits per heavy atom. The summed E-state index contributed by atoms with van der Waals surface area (Å²) in [5.74, 6) is -1.41. The summed E-state index contributed by atoms with van der Waals surface area (Å²) in [5, 5.41) is 9.12. The van der Waals surface area contributed by atoms with Crippen molar-refractivity contribution in [3.05, 3.63) is 22.5 Å². The van der Waals surface area contributed by atoms with Crippen molar-refractivity contribution in [3.8, 4) is 0 Å². The summed E-state index contributed by atoms with van der Waals surface area (Å²) in [6.07, 6.45) is 2.25. The maximum Gasteiger partial charge on any atom is 0.347 e. The molecule has 0 saturated heterocycles. The topological polar surface area (TPSA) is 71.4 Å². The average molecular weight is 160 g/mol. The maximum atomic E-state index is 10.7. The second kappa shape index (κ2) is 1.95. The van der Waals surface area contributed by atoms with Crippen LogP contribution in [0.2, 0.25) is 0 Å². The minimum Gasteiger partial charge on any atom is -0.477 e. The lowest BCUT2D eigenvalue weighted by Gasteiger charge is -1.90. The van der Waals surface area contributed by atoms with Crippen LogP contribution in [-0.2, 0) is 14.6 Å². The van der Waals surface area contributed by atoms with Gasteiger partial charge in [-0.2, -0.15) is 0 Å². The van der Waals surface area contributed by atoms with Crippen molar-refractivity contribution in [1.82, 2.24) is 0 Å². The van der Waals surface area contributed by atoms with Gasteiger partial charge in [-0.3, -0.25) is 0 Å². The minimum absolute atomic E-state index is 0.562. The summed E-state index contributed by atoms with van der Waals surface area (Å²) in [5.41, 5.74) is 0. The Morgan fingerprint density at radius 1 is 1.50 bits per heavy atom. The van der Waals surface area contributed by atoms with Gasteiger partial charge in [0.25, 0.3) is 0 Å². The predicted octanol–water partition coefficient (Wildman–Crippen LogP) is -0.103. The molecule has 1 aliphatic rings. The number of carboxylic acids is 1. The number of sulfone groups is 1. The van der Waals surface area contributed by atoms with E-state index in [1.54, 1.807) is 0 Å². The first-order valence-electron chi connectivity index (χ1n) is 2.41. The van der Waals surface area contributed by atoms with Gasteiger partial charge in [0, 0.05) is 5.41 Å². The van der Waals surface area contributed by atoms with Crippen molar-refractivity contribution < 1.29 is 18.3 Å². The molecule has 0 saturated carbocycles. The van der Waals surface area contributed by atoms with E-state index < -0.39 is 20.7 Å². The van der Waals surface area contributed by atoms with E-state index in [-0.39, 0.29) is 0 Å². The van der Waals surface area contributed by atoms with Crippen LogP contribution >= 0.6 is 0 Å². The minimum atomic E-state index is -3.61. The molecule has 1 rings (SSSR count). The van der Waals surface area contributed by atoms with Gasteiger partial charge >= 0.3 is 5.97 Å². The summed E-state index contributed by atoms with van der Waals surface area (Å²) in [6, 6.07) is 0. The third-order valence-electron chi connectivity index (χ3n) is 1.02. The van der Waals surface area contributed by atoms with Crippen LogP contribution in [0.1, 0.15) is 0 Å². The summed E-state index contributed by atoms with van der Waals surface area (Å²) >= 11 is 0. The summed E-state index contributed by atoms with van der Waals surface area (Å²) in [6.45, 7) is 0. The van der Waals surface area contributed by atoms with E-state index in [1.165, 1.54) is 6.08 Å². The highest BCUT2D eigenvalue weighted by Crippen LogP contribution is 2.15. The highest BCUT2D eigenvalue weighted by Gasteiger charge is 2.23. The van der Waals surface area contributed by atoms with Crippen molar-refractivity contribution in [2.24, 2.45) is 0 Å². The third-order valence-corrected chi connectivity index (χ3v) is 2.46. The Morgan fingerprint density at radius 3 is 2.30 bits per heavy atom. The predicted molar refractivity (Wildman–Crippen MR) is 33.8 cm³/mol. The molecule has 0 aromatic rings. The molecule has 0 radical (unpaired) electrons. The van der Waals surface area contributed by atoms with Crippen molar-refractivity contribution in [1.29, 1.82) is 0 Å². The van der Waals surface area contributed by atoms with Gasteiger partial charge in [-0.05, 0) is 12.2 Å². The van der Waals surface area contributed by atoms with Gasteiger partial charge in [0.05, 0.1) is 0 Å². The fraction of sp³-hybridized carbons (Fsp3) is 0. The summed E-state index contributed by atoms with van der Waals surface area (Å²) < 4.78 is 21.3. The first kappa shape index (κ1) is 7.01. The van der Waals surface area contributed by atoms with E-state index in [2.05, 4.69) is 0 Å². The smallest absolute Gasteiger partial charge is 0.347 e. The van der Waals surface area contributed by atoms with E-state index >= 15 is 0 Å². The van der Waals surface area contributed by atoms with E-state index in [9.17, 15) is 13.2 Å². The molecule has 0 aliphatic carbocycles. The number of allylic oxidation sites excluding steroid dienone is 2. The fourth-order valence-corrected chi connectivity index (χ4v) is 1.53. The number of aliphatic carboxylic acids is 1. The van der Waals surface area contributed by atoms with E-state index in [0.717, 1.165) is 11.5 Å². The number of carboxylic acid groups (broad SMARTS) is 1. The molecular weight excluding hydrogens is 156 g/mol. The summed E-state index contributed by atoms with van der Waals surface area (Å²) in [4.78, 5) is 9.57. The lowest BCUT2D eigenvalue weighted by molar-refractivity contribution is -0.131. The SMILES string of the molecule is O=C(O)C1=CC=CS1(=O)=O. The first-order chi connectivity index (χ1) is 4.54. The van der Waals surface area contributed by atoms with Crippen molar-refractivity contribution in [2.45, 2.75) is 0 Å². The molecule has 5 heteroatoms. The van der Waals surface area contributed by atoms with Crippen LogP contribution in [0, 0.1) is 0 Å². The van der Waals surface area contributed by atoms with Gasteiger partial charge in [0.1, 0.15) is 0 Å². The van der Waals surface area contributed by atoms with E-state index in [0.29, 0.717) is 0 Å². The highest BCUT2D eigenvalue weighted by atomic mass is 32.2. The lowest BCUT2D eigenvalue weighted by Crippen LogP contribution is -2.07. The quantitative estimate of drug-likeness (QED) is 0.581. The maximum absolute atomic E-state index is 10.7. The van der Waals surface area contributed by atoms with Gasteiger partial charge in [0.15, 0.2) is 4.91 Å². The Kier molecular flexibility index (Phi) is 1.37. The molecule has 0 amide bonds. The highest BCUT2D eigenvalue weighted by molar-refractivity contribution is 7.99. The largest absolute Gasteiger partial charge is 0.477 e. The summed E-state index contributed by atoms with van der Waals surface area (Å²) in [7, 11) is -3.61. The molecule has 0 spiro atoms. The monoisotopic (exact) mass is 160 g/mol. The molecule has 0 bridgehead atoms. The molecular formula is C5H4O4S. The van der Waals surface area contributed by atoms with Crippen LogP contribution in [0.25, 0.3) is 0 Å². The molecule has 10 heavy (non-hydrogen) atoms. The Labute approximate surface area is 57.4 Å². The molecule has 0 aromatic carbocycles. The molecule has 1 N–H and O–H groups in total. The van der Waals surface area contributed by atoms with Crippen LogP contribution in [0.15, 0.2) is 22.5 Å². The second-order valence-corrected chi connectivity index (χ2v) is 3.51. The van der Waals surface area contributed by atoms with Gasteiger partial charge in [-0.25, -0.2) is 13.2 Å². The molecule has 54 valence electrons. The molecule has 0 aromatic heterocycles. The van der Waals surface area contributed by atoms with Crippen LogP contribution < -0.4 is 0 Å². The zero-order valence-corrected chi connectivity index (χ0v) is 5.63. The standard InChI is InChI=1S/C5H4O4S/c6-5(7)4-2-1-3-10(4,8)9/h1-3H,(H,6,7). The third kappa shape index (κ3) is 0.950. The second-order valence-electron chi connectivity index (χ2n) is 1.71. The van der Waals surface area contributed by atoms with Gasteiger partial charge in [-0.15, -0.1) is 0 Å². The van der Waals surface area contributed by atoms with Gasteiger partial charge in [-0.1, -0.05) is 0 Å². The number of hydrogen-bond acceptors (Lipinski definition) is 3. The number of hydrogen-bond donors (Lipinski definition) is 1. The van der Waals surface area contributed by atoms with Crippen molar-refractivity contribution in [3.63, 3.8) is 0 Å². The molecule has 0 fully saturated rings.